The molecule has 0 spiro atoms. The summed E-state index contributed by atoms with van der Waals surface area (Å²) >= 11 is 5.54. The summed E-state index contributed by atoms with van der Waals surface area (Å²) in [5, 5.41) is 9.07. The molecule has 1 aliphatic heterocycles. The van der Waals surface area contributed by atoms with E-state index in [1.807, 2.05) is 0 Å². The second kappa shape index (κ2) is 5.68. The van der Waals surface area contributed by atoms with Crippen molar-refractivity contribution < 1.29 is 18.3 Å². The van der Waals surface area contributed by atoms with Gasteiger partial charge in [0, 0.05) is 12.6 Å². The first-order valence-electron chi connectivity index (χ1n) is 5.67. The molecule has 1 aliphatic rings. The van der Waals surface area contributed by atoms with Crippen LogP contribution in [0, 0.1) is 0 Å². The van der Waals surface area contributed by atoms with E-state index in [2.05, 4.69) is 9.97 Å². The average Bonchev–Trinajstić information content (AvgIpc) is 2.39. The minimum Gasteiger partial charge on any atom is -0.394 e. The first-order chi connectivity index (χ1) is 8.95. The van der Waals surface area contributed by atoms with Gasteiger partial charge in [-0.2, -0.15) is 4.31 Å². The Morgan fingerprint density at radius 1 is 1.53 bits per heavy atom. The van der Waals surface area contributed by atoms with Gasteiger partial charge >= 0.3 is 0 Å². The van der Waals surface area contributed by atoms with Crippen molar-refractivity contribution in [2.75, 3.05) is 19.8 Å². The molecular formula is C10H14ClN3O4S. The Morgan fingerprint density at radius 2 is 2.16 bits per heavy atom. The van der Waals surface area contributed by atoms with E-state index < -0.39 is 16.1 Å². The van der Waals surface area contributed by atoms with E-state index in [-0.39, 0.29) is 36.0 Å². The highest BCUT2D eigenvalue weighted by atomic mass is 35.5. The standard InChI is InChI=1S/C10H14ClN3O4S/c1-7-6-18-8(5-15)4-14(7)19(16,17)9-2-12-10(11)13-3-9/h2-3,7-8,15H,4-6H2,1H3. The summed E-state index contributed by atoms with van der Waals surface area (Å²) in [5.74, 6) is 0. The Labute approximate surface area is 116 Å². The summed E-state index contributed by atoms with van der Waals surface area (Å²) in [6.45, 7) is 1.85. The molecule has 1 fully saturated rings. The van der Waals surface area contributed by atoms with Gasteiger partial charge in [-0.25, -0.2) is 18.4 Å². The van der Waals surface area contributed by atoms with Gasteiger partial charge in [-0.15, -0.1) is 0 Å². The number of rotatable bonds is 3. The van der Waals surface area contributed by atoms with Crippen LogP contribution in [0.4, 0.5) is 0 Å². The van der Waals surface area contributed by atoms with Gasteiger partial charge in [-0.3, -0.25) is 0 Å². The fourth-order valence-corrected chi connectivity index (χ4v) is 3.44. The Kier molecular flexibility index (Phi) is 4.36. The van der Waals surface area contributed by atoms with Crippen molar-refractivity contribution in [3.8, 4) is 0 Å². The van der Waals surface area contributed by atoms with E-state index in [0.29, 0.717) is 0 Å². The van der Waals surface area contributed by atoms with E-state index in [0.717, 1.165) is 0 Å². The third-order valence-electron chi connectivity index (χ3n) is 2.86. The zero-order valence-corrected chi connectivity index (χ0v) is 11.8. The maximum Gasteiger partial charge on any atom is 0.246 e. The van der Waals surface area contributed by atoms with E-state index in [4.69, 9.17) is 21.4 Å². The summed E-state index contributed by atoms with van der Waals surface area (Å²) in [7, 11) is -3.71. The molecule has 2 rings (SSSR count). The van der Waals surface area contributed by atoms with Crippen LogP contribution in [0.2, 0.25) is 5.28 Å². The molecular weight excluding hydrogens is 294 g/mol. The van der Waals surface area contributed by atoms with Crippen LogP contribution in [-0.2, 0) is 14.8 Å². The van der Waals surface area contributed by atoms with E-state index in [9.17, 15) is 8.42 Å². The van der Waals surface area contributed by atoms with Gasteiger partial charge in [0.1, 0.15) is 4.90 Å². The molecule has 9 heteroatoms. The number of nitrogens with zero attached hydrogens (tertiary/aromatic N) is 3. The normalized spacial score (nSPS) is 25.4. The predicted octanol–water partition coefficient (Wildman–Crippen LogP) is -0.0997. The average molecular weight is 308 g/mol. The molecule has 2 atom stereocenters. The van der Waals surface area contributed by atoms with E-state index >= 15 is 0 Å². The Morgan fingerprint density at radius 3 is 2.74 bits per heavy atom. The SMILES string of the molecule is CC1COC(CO)CN1S(=O)(=O)c1cnc(Cl)nc1. The maximum absolute atomic E-state index is 12.4. The molecule has 0 radical (unpaired) electrons. The highest BCUT2D eigenvalue weighted by Crippen LogP contribution is 2.21. The molecule has 1 aromatic heterocycles. The Balaban J connectivity index is 2.29. The van der Waals surface area contributed by atoms with Crippen LogP contribution >= 0.6 is 11.6 Å². The molecule has 19 heavy (non-hydrogen) atoms. The molecule has 1 N–H and O–H groups in total. The molecule has 1 saturated heterocycles. The number of halogens is 1. The van der Waals surface area contributed by atoms with Gasteiger partial charge in [0.2, 0.25) is 15.3 Å². The van der Waals surface area contributed by atoms with Crippen LogP contribution in [-0.4, -0.2) is 59.7 Å². The third-order valence-corrected chi connectivity index (χ3v) is 4.98. The summed E-state index contributed by atoms with van der Waals surface area (Å²) in [6, 6.07) is -0.316. The largest absolute Gasteiger partial charge is 0.394 e. The van der Waals surface area contributed by atoms with E-state index in [1.54, 1.807) is 6.92 Å². The number of aromatic nitrogens is 2. The van der Waals surface area contributed by atoms with Gasteiger partial charge in [-0.05, 0) is 18.5 Å². The Bertz CT molecular complexity index is 536. The maximum atomic E-state index is 12.4. The molecule has 106 valence electrons. The molecule has 0 saturated carbocycles. The zero-order chi connectivity index (χ0) is 14.0. The van der Waals surface area contributed by atoms with Crippen molar-refractivity contribution in [3.05, 3.63) is 17.7 Å². The summed E-state index contributed by atoms with van der Waals surface area (Å²) in [4.78, 5) is 7.32. The lowest BCUT2D eigenvalue weighted by Gasteiger charge is -2.36. The molecule has 0 bridgehead atoms. The molecule has 2 unspecified atom stereocenters. The van der Waals surface area contributed by atoms with Gasteiger partial charge in [0.25, 0.3) is 0 Å². The minimum atomic E-state index is -3.71. The number of ether oxygens (including phenoxy) is 1. The number of hydrogen-bond acceptors (Lipinski definition) is 6. The molecule has 1 aromatic rings. The third kappa shape index (κ3) is 3.03. The smallest absolute Gasteiger partial charge is 0.246 e. The number of aliphatic hydroxyl groups excluding tert-OH is 1. The van der Waals surface area contributed by atoms with Crippen LogP contribution < -0.4 is 0 Å². The number of morpholine rings is 1. The minimum absolute atomic E-state index is 0.0118. The highest BCUT2D eigenvalue weighted by Gasteiger charge is 2.35. The van der Waals surface area contributed by atoms with Gasteiger partial charge in [0.15, 0.2) is 0 Å². The van der Waals surface area contributed by atoms with Crippen LogP contribution in [0.5, 0.6) is 0 Å². The fraction of sp³-hybridized carbons (Fsp3) is 0.600. The number of hydrogen-bond donors (Lipinski definition) is 1. The molecule has 7 nitrogen and oxygen atoms in total. The first-order valence-corrected chi connectivity index (χ1v) is 7.49. The second-order valence-electron chi connectivity index (χ2n) is 4.25. The fourth-order valence-electron chi connectivity index (χ4n) is 1.81. The van der Waals surface area contributed by atoms with Crippen LogP contribution in [0.25, 0.3) is 0 Å². The summed E-state index contributed by atoms with van der Waals surface area (Å²) in [5.41, 5.74) is 0. The van der Waals surface area contributed by atoms with Crippen molar-refractivity contribution >= 4 is 21.6 Å². The molecule has 0 aromatic carbocycles. The lowest BCUT2D eigenvalue weighted by Crippen LogP contribution is -2.51. The highest BCUT2D eigenvalue weighted by molar-refractivity contribution is 7.89. The van der Waals surface area contributed by atoms with Crippen LogP contribution in [0.15, 0.2) is 17.3 Å². The van der Waals surface area contributed by atoms with Crippen LogP contribution in [0.3, 0.4) is 0 Å². The van der Waals surface area contributed by atoms with Crippen molar-refractivity contribution in [1.82, 2.24) is 14.3 Å². The zero-order valence-electron chi connectivity index (χ0n) is 10.2. The van der Waals surface area contributed by atoms with Crippen molar-refractivity contribution in [1.29, 1.82) is 0 Å². The Hall–Kier alpha value is -0.800. The quantitative estimate of drug-likeness (QED) is 0.784. The molecule has 0 amide bonds. The molecule has 0 aliphatic carbocycles. The second-order valence-corrected chi connectivity index (χ2v) is 6.48. The van der Waals surface area contributed by atoms with Crippen molar-refractivity contribution in [2.45, 2.75) is 24.0 Å². The number of sulfonamides is 1. The first kappa shape index (κ1) is 14.6. The van der Waals surface area contributed by atoms with Crippen molar-refractivity contribution in [2.24, 2.45) is 0 Å². The van der Waals surface area contributed by atoms with Gasteiger partial charge in [0.05, 0.1) is 31.7 Å². The number of aliphatic hydroxyl groups is 1. The van der Waals surface area contributed by atoms with Crippen molar-refractivity contribution in [3.63, 3.8) is 0 Å². The van der Waals surface area contributed by atoms with Gasteiger partial charge in [-0.1, -0.05) is 0 Å². The summed E-state index contributed by atoms with van der Waals surface area (Å²) < 4.78 is 31.5. The summed E-state index contributed by atoms with van der Waals surface area (Å²) in [6.07, 6.45) is 1.82. The monoisotopic (exact) mass is 307 g/mol. The lowest BCUT2D eigenvalue weighted by molar-refractivity contribution is -0.0516. The predicted molar refractivity (Wildman–Crippen MR) is 67.2 cm³/mol. The van der Waals surface area contributed by atoms with E-state index in [1.165, 1.54) is 16.7 Å². The lowest BCUT2D eigenvalue weighted by atomic mass is 10.2. The van der Waals surface area contributed by atoms with Gasteiger partial charge < -0.3 is 9.84 Å². The topological polar surface area (TPSA) is 92.6 Å². The van der Waals surface area contributed by atoms with Crippen LogP contribution in [0.1, 0.15) is 6.92 Å². The molecule has 2 heterocycles.